The molecule has 3 rings (SSSR count). The molecule has 1 amide bonds. The van der Waals surface area contributed by atoms with Crippen molar-refractivity contribution in [1.29, 1.82) is 0 Å². The topological polar surface area (TPSA) is 63.6 Å². The summed E-state index contributed by atoms with van der Waals surface area (Å²) in [4.78, 5) is 21.5. The number of para-hydroxylation sites is 1. The van der Waals surface area contributed by atoms with Crippen molar-refractivity contribution in [2.24, 2.45) is 5.16 Å². The van der Waals surface area contributed by atoms with Crippen molar-refractivity contribution in [3.05, 3.63) is 83.7 Å². The lowest BCUT2D eigenvalue weighted by Gasteiger charge is -2.12. The monoisotopic (exact) mass is 345 g/mol. The zero-order chi connectivity index (χ0) is 18.4. The minimum Gasteiger partial charge on any atom is -0.399 e. The summed E-state index contributed by atoms with van der Waals surface area (Å²) < 4.78 is 0. The Morgan fingerprint density at radius 2 is 1.85 bits per heavy atom. The van der Waals surface area contributed by atoms with Gasteiger partial charge in [0.25, 0.3) is 5.91 Å². The van der Waals surface area contributed by atoms with Crippen LogP contribution in [0.15, 0.2) is 72.0 Å². The third kappa shape index (κ3) is 3.95. The first kappa shape index (κ1) is 17.4. The van der Waals surface area contributed by atoms with E-state index in [0.29, 0.717) is 11.3 Å². The highest BCUT2D eigenvalue weighted by Crippen LogP contribution is 2.28. The van der Waals surface area contributed by atoms with Gasteiger partial charge < -0.3 is 10.2 Å². The molecule has 3 aromatic rings. The van der Waals surface area contributed by atoms with Gasteiger partial charge in [-0.3, -0.25) is 9.78 Å². The third-order valence-electron chi connectivity index (χ3n) is 3.96. The molecule has 0 aliphatic heterocycles. The molecule has 130 valence electrons. The summed E-state index contributed by atoms with van der Waals surface area (Å²) in [5, 5.41) is 6.75. The minimum absolute atomic E-state index is 0.174. The number of nitrogens with one attached hydrogen (secondary N) is 1. The number of nitrogens with zero attached hydrogens (tertiary/aromatic N) is 2. The third-order valence-corrected chi connectivity index (χ3v) is 3.96. The van der Waals surface area contributed by atoms with Crippen LogP contribution in [-0.4, -0.2) is 24.2 Å². The first-order chi connectivity index (χ1) is 12.7. The van der Waals surface area contributed by atoms with Crippen LogP contribution in [0.1, 0.15) is 21.6 Å². The fourth-order valence-corrected chi connectivity index (χ4v) is 2.62. The Balaban J connectivity index is 1.88. The Bertz CT molecular complexity index is 934. The average Bonchev–Trinajstić information content (AvgIpc) is 2.67. The molecule has 0 saturated carbocycles. The molecule has 1 heterocycles. The second kappa shape index (κ2) is 8.07. The van der Waals surface area contributed by atoms with E-state index in [1.165, 1.54) is 7.11 Å². The zero-order valence-corrected chi connectivity index (χ0v) is 14.6. The number of aromatic nitrogens is 1. The highest BCUT2D eigenvalue weighted by Gasteiger charge is 2.12. The van der Waals surface area contributed by atoms with Crippen LogP contribution >= 0.6 is 0 Å². The molecule has 0 saturated heterocycles. The summed E-state index contributed by atoms with van der Waals surface area (Å²) in [5.41, 5.74) is 4.89. The van der Waals surface area contributed by atoms with Crippen LogP contribution in [-0.2, 0) is 4.84 Å². The maximum Gasteiger partial charge on any atom is 0.257 e. The van der Waals surface area contributed by atoms with Gasteiger partial charge in [0, 0.05) is 23.1 Å². The average molecular weight is 345 g/mol. The number of rotatable bonds is 5. The number of hydrogen-bond acceptors (Lipinski definition) is 4. The quantitative estimate of drug-likeness (QED) is 0.554. The van der Waals surface area contributed by atoms with Gasteiger partial charge in [-0.05, 0) is 36.2 Å². The van der Waals surface area contributed by atoms with Crippen LogP contribution in [0.25, 0.3) is 11.1 Å². The van der Waals surface area contributed by atoms with Gasteiger partial charge in [0.1, 0.15) is 7.11 Å². The second-order valence-electron chi connectivity index (χ2n) is 5.68. The van der Waals surface area contributed by atoms with E-state index in [4.69, 9.17) is 4.84 Å². The number of benzene rings is 2. The fraction of sp³-hybridized carbons (Fsp3) is 0.0952. The number of oxime groups is 1. The lowest BCUT2D eigenvalue weighted by molar-refractivity contribution is 0.102. The molecule has 5 heteroatoms. The maximum absolute atomic E-state index is 12.6. The number of carbonyl (C=O) groups excluding carboxylic acids is 1. The first-order valence-corrected chi connectivity index (χ1v) is 8.18. The summed E-state index contributed by atoms with van der Waals surface area (Å²) in [6.07, 6.45) is 3.32. The van der Waals surface area contributed by atoms with Crippen molar-refractivity contribution < 1.29 is 9.63 Å². The largest absolute Gasteiger partial charge is 0.399 e. The second-order valence-corrected chi connectivity index (χ2v) is 5.68. The molecule has 5 nitrogen and oxygen atoms in total. The van der Waals surface area contributed by atoms with Gasteiger partial charge >= 0.3 is 0 Å². The van der Waals surface area contributed by atoms with Gasteiger partial charge in [-0.1, -0.05) is 47.6 Å². The molecule has 2 aromatic carbocycles. The van der Waals surface area contributed by atoms with E-state index in [2.05, 4.69) is 15.5 Å². The molecule has 0 radical (unpaired) electrons. The summed E-state index contributed by atoms with van der Waals surface area (Å²) in [6, 6.07) is 19.1. The summed E-state index contributed by atoms with van der Waals surface area (Å²) >= 11 is 0. The van der Waals surface area contributed by atoms with Crippen LogP contribution in [0.2, 0.25) is 0 Å². The zero-order valence-electron chi connectivity index (χ0n) is 14.6. The molecule has 0 fully saturated rings. The summed E-state index contributed by atoms with van der Waals surface area (Å²) in [6.45, 7) is 1.82. The van der Waals surface area contributed by atoms with E-state index in [1.807, 2.05) is 55.5 Å². The lowest BCUT2D eigenvalue weighted by Crippen LogP contribution is -2.14. The van der Waals surface area contributed by atoms with Crippen LogP contribution in [0.4, 0.5) is 5.69 Å². The van der Waals surface area contributed by atoms with Crippen LogP contribution < -0.4 is 5.32 Å². The van der Waals surface area contributed by atoms with Crippen molar-refractivity contribution in [1.82, 2.24) is 4.98 Å². The Labute approximate surface area is 152 Å². The Kier molecular flexibility index (Phi) is 5.39. The smallest absolute Gasteiger partial charge is 0.257 e. The summed E-state index contributed by atoms with van der Waals surface area (Å²) in [7, 11) is 1.51. The molecule has 0 aliphatic rings. The van der Waals surface area contributed by atoms with Crippen molar-refractivity contribution in [2.45, 2.75) is 6.92 Å². The molecule has 1 N–H and O–H groups in total. The van der Waals surface area contributed by atoms with E-state index in [-0.39, 0.29) is 5.91 Å². The molecule has 0 spiro atoms. The maximum atomic E-state index is 12.6. The molecular formula is C21H19N3O2. The van der Waals surface area contributed by atoms with Gasteiger partial charge in [-0.15, -0.1) is 0 Å². The predicted molar refractivity (Wildman–Crippen MR) is 103 cm³/mol. The molecule has 0 unspecified atom stereocenters. The van der Waals surface area contributed by atoms with Gasteiger partial charge in [0.2, 0.25) is 0 Å². The van der Waals surface area contributed by atoms with Crippen LogP contribution in [0.3, 0.4) is 0 Å². The SMILES string of the molecule is CON=Cc1ccc(-c2ccccc2NC(=O)c2cccnc2C)cc1. The van der Waals surface area contributed by atoms with E-state index in [9.17, 15) is 4.79 Å². The minimum atomic E-state index is -0.174. The molecule has 0 bridgehead atoms. The lowest BCUT2D eigenvalue weighted by atomic mass is 10.0. The number of pyridine rings is 1. The van der Waals surface area contributed by atoms with Crippen molar-refractivity contribution in [3.63, 3.8) is 0 Å². The highest BCUT2D eigenvalue weighted by molar-refractivity contribution is 6.06. The van der Waals surface area contributed by atoms with Gasteiger partial charge in [-0.25, -0.2) is 0 Å². The summed E-state index contributed by atoms with van der Waals surface area (Å²) in [5.74, 6) is -0.174. The number of anilines is 1. The number of hydrogen-bond donors (Lipinski definition) is 1. The Morgan fingerprint density at radius 3 is 2.58 bits per heavy atom. The predicted octanol–water partition coefficient (Wildman–Crippen LogP) is 4.29. The molecule has 0 atom stereocenters. The Hall–Kier alpha value is -3.47. The van der Waals surface area contributed by atoms with E-state index < -0.39 is 0 Å². The van der Waals surface area contributed by atoms with E-state index in [1.54, 1.807) is 24.5 Å². The molecule has 1 aromatic heterocycles. The van der Waals surface area contributed by atoms with Crippen molar-refractivity contribution >= 4 is 17.8 Å². The Morgan fingerprint density at radius 1 is 1.08 bits per heavy atom. The molecule has 26 heavy (non-hydrogen) atoms. The van der Waals surface area contributed by atoms with Crippen molar-refractivity contribution in [2.75, 3.05) is 12.4 Å². The van der Waals surface area contributed by atoms with Crippen LogP contribution in [0.5, 0.6) is 0 Å². The fourth-order valence-electron chi connectivity index (χ4n) is 2.62. The van der Waals surface area contributed by atoms with E-state index in [0.717, 1.165) is 22.4 Å². The van der Waals surface area contributed by atoms with Gasteiger partial charge in [0.05, 0.1) is 11.8 Å². The highest BCUT2D eigenvalue weighted by atomic mass is 16.6. The first-order valence-electron chi connectivity index (χ1n) is 8.18. The standard InChI is InChI=1S/C21H19N3O2/c1-15-18(7-5-13-22-15)21(25)24-20-8-4-3-6-19(20)17-11-9-16(10-12-17)14-23-26-2/h3-14H,1-2H3,(H,24,25). The number of aryl methyl sites for hydroxylation is 1. The van der Waals surface area contributed by atoms with Gasteiger partial charge in [0.15, 0.2) is 0 Å². The van der Waals surface area contributed by atoms with Gasteiger partial charge in [-0.2, -0.15) is 0 Å². The van der Waals surface area contributed by atoms with Crippen molar-refractivity contribution in [3.8, 4) is 11.1 Å². The number of amides is 1. The van der Waals surface area contributed by atoms with Crippen LogP contribution in [0, 0.1) is 6.92 Å². The van der Waals surface area contributed by atoms with E-state index >= 15 is 0 Å². The normalized spacial score (nSPS) is 10.7. The molecule has 0 aliphatic carbocycles. The molecular weight excluding hydrogens is 326 g/mol. The number of carbonyl (C=O) groups is 1.